The van der Waals surface area contributed by atoms with E-state index < -0.39 is 0 Å². The van der Waals surface area contributed by atoms with Gasteiger partial charge in [0.2, 0.25) is 13.1 Å². The monoisotopic (exact) mass is 272 g/mol. The lowest BCUT2D eigenvalue weighted by Crippen LogP contribution is -3.00. The van der Waals surface area contributed by atoms with Gasteiger partial charge in [-0.05, 0) is 12.1 Å². The van der Waals surface area contributed by atoms with Crippen molar-refractivity contribution in [2.75, 3.05) is 0 Å². The molecule has 92 valence electrons. The van der Waals surface area contributed by atoms with Crippen molar-refractivity contribution in [3.63, 3.8) is 0 Å². The van der Waals surface area contributed by atoms with Gasteiger partial charge in [0.05, 0.1) is 0 Å². The van der Waals surface area contributed by atoms with Crippen molar-refractivity contribution >= 4 is 0 Å². The lowest BCUT2D eigenvalue weighted by atomic mass is 10.2. The van der Waals surface area contributed by atoms with E-state index in [1.54, 1.807) is 0 Å². The van der Waals surface area contributed by atoms with Crippen LogP contribution < -0.4 is 33.9 Å². The summed E-state index contributed by atoms with van der Waals surface area (Å²) < 4.78 is 4.60. The van der Waals surface area contributed by atoms with E-state index in [2.05, 4.69) is 57.9 Å². The largest absolute Gasteiger partial charge is 1.00 e. The molecular formula is C12H14Cl2N2O. The van der Waals surface area contributed by atoms with Crippen LogP contribution in [0.5, 0.6) is 0 Å². The van der Waals surface area contributed by atoms with Crippen LogP contribution in [-0.4, -0.2) is 5.48 Å². The molecule has 0 amide bonds. The fraction of sp³-hybridized carbons (Fsp3) is 0.167. The van der Waals surface area contributed by atoms with Crippen molar-refractivity contribution in [2.24, 2.45) is 0 Å². The van der Waals surface area contributed by atoms with Crippen molar-refractivity contribution in [3.8, 4) is 11.4 Å². The summed E-state index contributed by atoms with van der Waals surface area (Å²) in [5.41, 5.74) is 2.61. The van der Waals surface area contributed by atoms with Gasteiger partial charge in [-0.1, -0.05) is 0 Å². The Morgan fingerprint density at radius 1 is 0.706 bits per heavy atom. The molecule has 0 radical (unpaired) electrons. The van der Waals surface area contributed by atoms with E-state index >= 15 is 0 Å². The first-order valence-corrected chi connectivity index (χ1v) is 4.92. The summed E-state index contributed by atoms with van der Waals surface area (Å²) in [5, 5.41) is 0. The molecule has 0 saturated heterocycles. The standard InChI is InChI=1S/C12H12N2.2ClH.H2O/c1-3-7-13-9-10-14-8-4-2-6-12(14)11(13)5-1;;;/h1-8H,9-10H2;2*1H;1H2/q+2;;;/p-2. The van der Waals surface area contributed by atoms with E-state index in [-0.39, 0.29) is 30.3 Å². The lowest BCUT2D eigenvalue weighted by Gasteiger charge is -2.08. The number of halogens is 2. The second-order valence-electron chi connectivity index (χ2n) is 3.56. The first kappa shape index (κ1) is 15.8. The summed E-state index contributed by atoms with van der Waals surface area (Å²) in [7, 11) is 0. The lowest BCUT2D eigenvalue weighted by molar-refractivity contribution is -0.794. The van der Waals surface area contributed by atoms with Crippen molar-refractivity contribution in [2.45, 2.75) is 13.1 Å². The van der Waals surface area contributed by atoms with Gasteiger partial charge < -0.3 is 30.3 Å². The summed E-state index contributed by atoms with van der Waals surface area (Å²) in [6.45, 7) is 2.13. The summed E-state index contributed by atoms with van der Waals surface area (Å²) in [6, 6.07) is 12.7. The fourth-order valence-corrected chi connectivity index (χ4v) is 2.02. The molecule has 0 bridgehead atoms. The second kappa shape index (κ2) is 6.55. The van der Waals surface area contributed by atoms with Crippen LogP contribution >= 0.6 is 0 Å². The van der Waals surface area contributed by atoms with Gasteiger partial charge in [-0.3, -0.25) is 0 Å². The Balaban J connectivity index is 0.000000853. The second-order valence-corrected chi connectivity index (χ2v) is 3.56. The Morgan fingerprint density at radius 3 is 1.53 bits per heavy atom. The summed E-state index contributed by atoms with van der Waals surface area (Å²) >= 11 is 0. The highest BCUT2D eigenvalue weighted by Crippen LogP contribution is 2.11. The average molecular weight is 273 g/mol. The van der Waals surface area contributed by atoms with E-state index in [1.165, 1.54) is 11.4 Å². The zero-order chi connectivity index (χ0) is 9.38. The molecule has 3 heterocycles. The maximum atomic E-state index is 2.30. The molecular weight excluding hydrogens is 259 g/mol. The Bertz CT molecular complexity index is 446. The number of aromatic nitrogens is 2. The Kier molecular flexibility index (Phi) is 6.10. The van der Waals surface area contributed by atoms with Crippen LogP contribution in [0.1, 0.15) is 0 Å². The van der Waals surface area contributed by atoms with Crippen LogP contribution in [0.25, 0.3) is 11.4 Å². The summed E-state index contributed by atoms with van der Waals surface area (Å²) in [6.07, 6.45) is 4.29. The van der Waals surface area contributed by atoms with Crippen LogP contribution in [0.3, 0.4) is 0 Å². The van der Waals surface area contributed by atoms with Gasteiger partial charge in [0.15, 0.2) is 12.4 Å². The van der Waals surface area contributed by atoms with E-state index in [0.29, 0.717) is 0 Å². The number of fused-ring (bicyclic) bond motifs is 3. The van der Waals surface area contributed by atoms with Gasteiger partial charge in [0.25, 0.3) is 11.4 Å². The zero-order valence-corrected chi connectivity index (χ0v) is 10.7. The normalized spacial score (nSPS) is 10.8. The fourth-order valence-electron chi connectivity index (χ4n) is 2.02. The molecule has 0 unspecified atom stereocenters. The number of pyridine rings is 2. The highest BCUT2D eigenvalue weighted by Gasteiger charge is 2.27. The minimum atomic E-state index is 0. The van der Waals surface area contributed by atoms with Crippen LogP contribution in [0.15, 0.2) is 48.8 Å². The van der Waals surface area contributed by atoms with Crippen LogP contribution in [0, 0.1) is 0 Å². The summed E-state index contributed by atoms with van der Waals surface area (Å²) in [5.74, 6) is 0. The quantitative estimate of drug-likeness (QED) is 0.429. The molecule has 17 heavy (non-hydrogen) atoms. The third-order valence-electron chi connectivity index (χ3n) is 2.73. The maximum Gasteiger partial charge on any atom is 0.277 e. The summed E-state index contributed by atoms with van der Waals surface area (Å²) in [4.78, 5) is 0. The van der Waals surface area contributed by atoms with Gasteiger partial charge in [-0.25, -0.2) is 0 Å². The maximum absolute atomic E-state index is 2.30. The number of rotatable bonds is 0. The van der Waals surface area contributed by atoms with Crippen LogP contribution in [0.2, 0.25) is 0 Å². The van der Waals surface area contributed by atoms with Gasteiger partial charge in [-0.15, -0.1) is 0 Å². The highest BCUT2D eigenvalue weighted by atomic mass is 35.5. The van der Waals surface area contributed by atoms with Crippen LogP contribution in [-0.2, 0) is 13.1 Å². The Labute approximate surface area is 113 Å². The molecule has 0 spiro atoms. The predicted molar refractivity (Wildman–Crippen MR) is 55.9 cm³/mol. The minimum absolute atomic E-state index is 0. The number of hydrogen-bond donors (Lipinski definition) is 0. The van der Waals surface area contributed by atoms with Crippen molar-refractivity contribution in [3.05, 3.63) is 48.8 Å². The number of aryl methyl sites for hydroxylation is 2. The zero-order valence-electron chi connectivity index (χ0n) is 9.18. The van der Waals surface area contributed by atoms with E-state index in [9.17, 15) is 0 Å². The Hall–Kier alpha value is -1.16. The van der Waals surface area contributed by atoms with Crippen molar-refractivity contribution < 1.29 is 39.4 Å². The molecule has 1 aliphatic rings. The molecule has 0 atom stereocenters. The van der Waals surface area contributed by atoms with Gasteiger partial charge in [0.1, 0.15) is 0 Å². The number of nitrogens with zero attached hydrogens (tertiary/aromatic N) is 2. The van der Waals surface area contributed by atoms with Crippen molar-refractivity contribution in [1.82, 2.24) is 0 Å². The SMILES string of the molecule is O.[Cl-].[Cl-].c1cc[n+]2c(c1)-c1cccc[n+]1CC2. The first-order chi connectivity index (χ1) is 6.95. The molecule has 2 aromatic heterocycles. The highest BCUT2D eigenvalue weighted by molar-refractivity contribution is 5.46. The molecule has 1 aliphatic heterocycles. The van der Waals surface area contributed by atoms with E-state index in [0.717, 1.165) is 13.1 Å². The predicted octanol–water partition coefficient (Wildman–Crippen LogP) is -5.87. The van der Waals surface area contributed by atoms with E-state index in [4.69, 9.17) is 0 Å². The molecule has 2 aromatic rings. The van der Waals surface area contributed by atoms with Gasteiger partial charge in [-0.2, -0.15) is 9.13 Å². The van der Waals surface area contributed by atoms with Gasteiger partial charge >= 0.3 is 0 Å². The molecule has 0 aliphatic carbocycles. The molecule has 0 aromatic carbocycles. The number of hydrogen-bond acceptors (Lipinski definition) is 0. The van der Waals surface area contributed by atoms with Crippen molar-refractivity contribution in [1.29, 1.82) is 0 Å². The van der Waals surface area contributed by atoms with E-state index in [1.807, 2.05) is 0 Å². The smallest absolute Gasteiger partial charge is 0.277 e. The molecule has 5 heteroatoms. The Morgan fingerprint density at radius 2 is 1.12 bits per heavy atom. The molecule has 0 saturated carbocycles. The van der Waals surface area contributed by atoms with Gasteiger partial charge in [0, 0.05) is 24.3 Å². The molecule has 2 N–H and O–H groups in total. The average Bonchev–Trinajstić information content (AvgIpc) is 2.29. The third-order valence-corrected chi connectivity index (χ3v) is 2.73. The molecule has 3 nitrogen and oxygen atoms in total. The molecule has 0 fully saturated rings. The minimum Gasteiger partial charge on any atom is -1.00 e. The topological polar surface area (TPSA) is 39.3 Å². The molecule has 3 rings (SSSR count). The first-order valence-electron chi connectivity index (χ1n) is 4.92. The third kappa shape index (κ3) is 2.75. The van der Waals surface area contributed by atoms with Crippen LogP contribution in [0.4, 0.5) is 0 Å².